The maximum atomic E-state index is 13.1. The van der Waals surface area contributed by atoms with Crippen LogP contribution in [0, 0.1) is 5.92 Å². The molecular formula is C22H23ClN6O2S. The van der Waals surface area contributed by atoms with Crippen molar-refractivity contribution in [2.45, 2.75) is 29.3 Å². The number of piperidine rings is 1. The zero-order chi connectivity index (χ0) is 22.5. The predicted octanol–water partition coefficient (Wildman–Crippen LogP) is 3.43. The molecule has 0 unspecified atom stereocenters. The van der Waals surface area contributed by atoms with E-state index in [1.807, 2.05) is 36.4 Å². The Morgan fingerprint density at radius 2 is 2.03 bits per heavy atom. The van der Waals surface area contributed by atoms with Gasteiger partial charge < -0.3 is 10.2 Å². The molecule has 1 atom stereocenters. The van der Waals surface area contributed by atoms with Crippen LogP contribution in [0.15, 0.2) is 58.6 Å². The van der Waals surface area contributed by atoms with Crippen molar-refractivity contribution in [2.75, 3.05) is 18.4 Å². The number of aryl methyl sites for hydroxylation is 1. The van der Waals surface area contributed by atoms with Crippen LogP contribution >= 0.6 is 23.4 Å². The summed E-state index contributed by atoms with van der Waals surface area (Å²) in [5.74, 6) is -0.360. The summed E-state index contributed by atoms with van der Waals surface area (Å²) in [6, 6.07) is 15.0. The second-order valence-electron chi connectivity index (χ2n) is 7.66. The van der Waals surface area contributed by atoms with Crippen LogP contribution in [-0.4, -0.2) is 50.0 Å². The van der Waals surface area contributed by atoms with Crippen LogP contribution in [0.5, 0.6) is 0 Å². The van der Waals surface area contributed by atoms with E-state index in [1.165, 1.54) is 11.8 Å². The number of halogens is 1. The van der Waals surface area contributed by atoms with Crippen LogP contribution in [0.1, 0.15) is 18.4 Å². The molecule has 1 saturated heterocycles. The number of carbonyl (C=O) groups excluding carboxylic acids is 2. The molecule has 2 aromatic carbocycles. The van der Waals surface area contributed by atoms with E-state index in [1.54, 1.807) is 28.8 Å². The number of aromatic nitrogens is 4. The Morgan fingerprint density at radius 1 is 1.22 bits per heavy atom. The van der Waals surface area contributed by atoms with Crippen molar-refractivity contribution in [1.29, 1.82) is 0 Å². The molecule has 0 saturated carbocycles. The molecule has 0 spiro atoms. The number of benzene rings is 2. The number of anilines is 1. The lowest BCUT2D eigenvalue weighted by Gasteiger charge is -2.32. The molecule has 1 aromatic heterocycles. The molecule has 8 nitrogen and oxygen atoms in total. The minimum absolute atomic E-state index is 0.0440. The Labute approximate surface area is 195 Å². The summed E-state index contributed by atoms with van der Waals surface area (Å²) < 4.78 is 1.56. The normalized spacial score (nSPS) is 16.1. The summed E-state index contributed by atoms with van der Waals surface area (Å²) in [4.78, 5) is 28.4. The van der Waals surface area contributed by atoms with Gasteiger partial charge in [-0.3, -0.25) is 9.59 Å². The number of carbonyl (C=O) groups is 2. The molecule has 10 heteroatoms. The van der Waals surface area contributed by atoms with E-state index < -0.39 is 0 Å². The van der Waals surface area contributed by atoms with Crippen LogP contribution in [0.25, 0.3) is 0 Å². The van der Waals surface area contributed by atoms with Gasteiger partial charge in [-0.1, -0.05) is 41.9 Å². The molecule has 2 amide bonds. The lowest BCUT2D eigenvalue weighted by molar-refractivity contribution is -0.133. The van der Waals surface area contributed by atoms with Gasteiger partial charge in [0, 0.05) is 30.1 Å². The number of likely N-dealkylation sites (tertiary alicyclic amines) is 1. The van der Waals surface area contributed by atoms with Crippen molar-refractivity contribution in [3.8, 4) is 0 Å². The molecule has 32 heavy (non-hydrogen) atoms. The van der Waals surface area contributed by atoms with E-state index in [2.05, 4.69) is 20.8 Å². The van der Waals surface area contributed by atoms with Crippen molar-refractivity contribution in [3.05, 3.63) is 59.1 Å². The van der Waals surface area contributed by atoms with Gasteiger partial charge in [0.25, 0.3) is 0 Å². The standard InChI is InChI=1S/C22H23ClN6O2S/c1-28-22(25-26-27-28)32-19-10-9-17(23)13-18(19)24-21(31)16-8-5-11-29(14-16)20(30)12-15-6-3-2-4-7-15/h2-4,6-7,9-10,13,16H,5,8,11-12,14H2,1H3,(H,24,31)/t16-/m0/s1. The number of hydrogen-bond acceptors (Lipinski definition) is 6. The fourth-order valence-corrected chi connectivity index (χ4v) is 4.60. The first-order valence-electron chi connectivity index (χ1n) is 10.3. The molecule has 0 radical (unpaired) electrons. The average molecular weight is 471 g/mol. The van der Waals surface area contributed by atoms with E-state index in [4.69, 9.17) is 11.6 Å². The molecule has 0 bridgehead atoms. The third kappa shape index (κ3) is 5.46. The summed E-state index contributed by atoms with van der Waals surface area (Å²) >= 11 is 7.52. The van der Waals surface area contributed by atoms with E-state index in [0.717, 1.165) is 23.3 Å². The first-order chi connectivity index (χ1) is 15.5. The highest BCUT2D eigenvalue weighted by Gasteiger charge is 2.29. The summed E-state index contributed by atoms with van der Waals surface area (Å²) in [6.07, 6.45) is 1.87. The van der Waals surface area contributed by atoms with Gasteiger partial charge in [-0.2, -0.15) is 0 Å². The van der Waals surface area contributed by atoms with Crippen LogP contribution in [0.2, 0.25) is 5.02 Å². The van der Waals surface area contributed by atoms with Gasteiger partial charge in [-0.05, 0) is 58.8 Å². The molecule has 2 heterocycles. The van der Waals surface area contributed by atoms with Crippen molar-refractivity contribution >= 4 is 40.9 Å². The second kappa shape index (κ2) is 10.1. The Morgan fingerprint density at radius 3 is 2.78 bits per heavy atom. The molecule has 166 valence electrons. The van der Waals surface area contributed by atoms with Crippen molar-refractivity contribution in [1.82, 2.24) is 25.1 Å². The third-order valence-corrected chi connectivity index (χ3v) is 6.66. The molecular weight excluding hydrogens is 448 g/mol. The average Bonchev–Trinajstić information content (AvgIpc) is 3.20. The van der Waals surface area contributed by atoms with Gasteiger partial charge in [0.1, 0.15) is 0 Å². The predicted molar refractivity (Wildman–Crippen MR) is 122 cm³/mol. The summed E-state index contributed by atoms with van der Waals surface area (Å²) in [6.45, 7) is 1.08. The first-order valence-corrected chi connectivity index (χ1v) is 11.5. The molecule has 1 aliphatic rings. The monoisotopic (exact) mass is 470 g/mol. The van der Waals surface area contributed by atoms with Crippen molar-refractivity contribution in [2.24, 2.45) is 13.0 Å². The lowest BCUT2D eigenvalue weighted by Crippen LogP contribution is -2.44. The van der Waals surface area contributed by atoms with E-state index >= 15 is 0 Å². The Hall–Kier alpha value is -2.91. The molecule has 1 fully saturated rings. The van der Waals surface area contributed by atoms with Crippen LogP contribution in [0.3, 0.4) is 0 Å². The molecule has 3 aromatic rings. The van der Waals surface area contributed by atoms with E-state index in [-0.39, 0.29) is 17.7 Å². The van der Waals surface area contributed by atoms with Gasteiger partial charge in [0.2, 0.25) is 17.0 Å². The highest BCUT2D eigenvalue weighted by Crippen LogP contribution is 2.34. The topological polar surface area (TPSA) is 93.0 Å². The number of hydrogen-bond donors (Lipinski definition) is 1. The number of rotatable bonds is 6. The zero-order valence-corrected chi connectivity index (χ0v) is 19.1. The SMILES string of the molecule is Cn1nnnc1Sc1ccc(Cl)cc1NC(=O)[C@H]1CCCN(C(=O)Cc2ccccc2)C1. The third-order valence-electron chi connectivity index (χ3n) is 5.33. The number of amides is 2. The van der Waals surface area contributed by atoms with Crippen LogP contribution in [0.4, 0.5) is 5.69 Å². The highest BCUT2D eigenvalue weighted by molar-refractivity contribution is 7.99. The number of tetrazole rings is 1. The maximum Gasteiger partial charge on any atom is 0.229 e. The minimum atomic E-state index is -0.281. The Bertz CT molecular complexity index is 1110. The van der Waals surface area contributed by atoms with Crippen LogP contribution < -0.4 is 5.32 Å². The highest BCUT2D eigenvalue weighted by atomic mass is 35.5. The maximum absolute atomic E-state index is 13.1. The van der Waals surface area contributed by atoms with E-state index in [0.29, 0.717) is 35.4 Å². The van der Waals surface area contributed by atoms with Gasteiger partial charge >= 0.3 is 0 Å². The smallest absolute Gasteiger partial charge is 0.229 e. The van der Waals surface area contributed by atoms with Crippen LogP contribution in [-0.2, 0) is 23.1 Å². The minimum Gasteiger partial charge on any atom is -0.342 e. The zero-order valence-electron chi connectivity index (χ0n) is 17.6. The van der Waals surface area contributed by atoms with Gasteiger partial charge in [0.15, 0.2) is 0 Å². The lowest BCUT2D eigenvalue weighted by atomic mass is 9.96. The first kappa shape index (κ1) is 22.3. The van der Waals surface area contributed by atoms with Crippen molar-refractivity contribution < 1.29 is 9.59 Å². The summed E-state index contributed by atoms with van der Waals surface area (Å²) in [7, 11) is 1.75. The summed E-state index contributed by atoms with van der Waals surface area (Å²) in [5.41, 5.74) is 1.58. The van der Waals surface area contributed by atoms with Crippen molar-refractivity contribution in [3.63, 3.8) is 0 Å². The molecule has 1 N–H and O–H groups in total. The van der Waals surface area contributed by atoms with Gasteiger partial charge in [0.05, 0.1) is 18.0 Å². The molecule has 4 rings (SSSR count). The summed E-state index contributed by atoms with van der Waals surface area (Å²) in [5, 5.41) is 15.6. The molecule has 1 aliphatic heterocycles. The Kier molecular flexibility index (Phi) is 7.06. The number of nitrogens with one attached hydrogen (secondary N) is 1. The fraction of sp³-hybridized carbons (Fsp3) is 0.318. The van der Waals surface area contributed by atoms with E-state index in [9.17, 15) is 9.59 Å². The van der Waals surface area contributed by atoms with Gasteiger partial charge in [-0.15, -0.1) is 5.10 Å². The second-order valence-corrected chi connectivity index (χ2v) is 9.10. The van der Waals surface area contributed by atoms with Gasteiger partial charge in [-0.25, -0.2) is 4.68 Å². The number of nitrogens with zero attached hydrogens (tertiary/aromatic N) is 5. The molecule has 0 aliphatic carbocycles. The fourth-order valence-electron chi connectivity index (χ4n) is 3.63. The Balaban J connectivity index is 1.43. The quantitative estimate of drug-likeness (QED) is 0.593. The largest absolute Gasteiger partial charge is 0.342 e.